The Bertz CT molecular complexity index is 721. The Labute approximate surface area is 130 Å². The maximum atomic E-state index is 12.7. The SMILES string of the molecule is Cc1cc(C)n2nc(C)c(C(=O)NC3CNCCC3C)c2n1. The van der Waals surface area contributed by atoms with Crippen molar-refractivity contribution in [2.45, 2.75) is 40.2 Å². The molecule has 1 fully saturated rings. The third-order valence-electron chi connectivity index (χ3n) is 4.44. The summed E-state index contributed by atoms with van der Waals surface area (Å²) in [5.41, 5.74) is 3.83. The summed E-state index contributed by atoms with van der Waals surface area (Å²) in [6, 6.07) is 2.12. The number of nitrogens with one attached hydrogen (secondary N) is 2. The quantitative estimate of drug-likeness (QED) is 0.879. The first-order valence-corrected chi connectivity index (χ1v) is 7.82. The monoisotopic (exact) mass is 301 g/mol. The number of amides is 1. The largest absolute Gasteiger partial charge is 0.348 e. The molecular weight excluding hydrogens is 278 g/mol. The van der Waals surface area contributed by atoms with Crippen LogP contribution < -0.4 is 10.6 Å². The molecule has 0 aliphatic carbocycles. The average Bonchev–Trinajstić information content (AvgIpc) is 2.78. The number of piperidine rings is 1. The van der Waals surface area contributed by atoms with Gasteiger partial charge in [-0.05, 0) is 45.7 Å². The van der Waals surface area contributed by atoms with E-state index in [-0.39, 0.29) is 11.9 Å². The predicted molar refractivity (Wildman–Crippen MR) is 85.1 cm³/mol. The number of rotatable bonds is 2. The second kappa shape index (κ2) is 5.68. The van der Waals surface area contributed by atoms with Gasteiger partial charge >= 0.3 is 0 Å². The van der Waals surface area contributed by atoms with Crippen LogP contribution in [0, 0.1) is 26.7 Å². The van der Waals surface area contributed by atoms with Crippen molar-refractivity contribution in [3.63, 3.8) is 0 Å². The fourth-order valence-electron chi connectivity index (χ4n) is 3.12. The summed E-state index contributed by atoms with van der Waals surface area (Å²) in [4.78, 5) is 17.3. The van der Waals surface area contributed by atoms with Crippen LogP contribution in [0.15, 0.2) is 6.07 Å². The minimum absolute atomic E-state index is 0.0782. The minimum Gasteiger partial charge on any atom is -0.348 e. The van der Waals surface area contributed by atoms with Gasteiger partial charge in [-0.15, -0.1) is 0 Å². The highest BCUT2D eigenvalue weighted by atomic mass is 16.1. The Hall–Kier alpha value is -1.95. The zero-order valence-corrected chi connectivity index (χ0v) is 13.6. The van der Waals surface area contributed by atoms with E-state index in [1.54, 1.807) is 4.52 Å². The third kappa shape index (κ3) is 2.59. The van der Waals surface area contributed by atoms with Crippen molar-refractivity contribution < 1.29 is 4.79 Å². The predicted octanol–water partition coefficient (Wildman–Crippen LogP) is 1.38. The fraction of sp³-hybridized carbons (Fsp3) is 0.562. The normalized spacial score (nSPS) is 22.0. The molecule has 0 saturated carbocycles. The lowest BCUT2D eigenvalue weighted by Gasteiger charge is -2.30. The smallest absolute Gasteiger partial charge is 0.257 e. The van der Waals surface area contributed by atoms with Gasteiger partial charge in [-0.2, -0.15) is 5.10 Å². The molecule has 1 amide bonds. The van der Waals surface area contributed by atoms with Crippen molar-refractivity contribution in [1.29, 1.82) is 0 Å². The molecule has 3 rings (SSSR count). The van der Waals surface area contributed by atoms with Crippen molar-refractivity contribution in [2.75, 3.05) is 13.1 Å². The van der Waals surface area contributed by atoms with Gasteiger partial charge < -0.3 is 10.6 Å². The highest BCUT2D eigenvalue weighted by molar-refractivity contribution is 6.01. The molecule has 0 bridgehead atoms. The molecular formula is C16H23N5O. The van der Waals surface area contributed by atoms with Crippen LogP contribution in [-0.2, 0) is 0 Å². The van der Waals surface area contributed by atoms with Crippen molar-refractivity contribution >= 4 is 11.6 Å². The number of hydrogen-bond acceptors (Lipinski definition) is 4. The molecule has 118 valence electrons. The molecule has 0 spiro atoms. The van der Waals surface area contributed by atoms with Crippen LogP contribution in [-0.4, -0.2) is 39.6 Å². The van der Waals surface area contributed by atoms with Gasteiger partial charge in [0.25, 0.3) is 5.91 Å². The van der Waals surface area contributed by atoms with Gasteiger partial charge in [0.1, 0.15) is 5.56 Å². The molecule has 2 N–H and O–H groups in total. The van der Waals surface area contributed by atoms with Crippen LogP contribution in [0.2, 0.25) is 0 Å². The van der Waals surface area contributed by atoms with E-state index in [4.69, 9.17) is 0 Å². The Morgan fingerprint density at radius 2 is 2.18 bits per heavy atom. The Balaban J connectivity index is 1.95. The van der Waals surface area contributed by atoms with Crippen LogP contribution in [0.25, 0.3) is 5.65 Å². The van der Waals surface area contributed by atoms with E-state index in [1.165, 1.54) is 0 Å². The van der Waals surface area contributed by atoms with Crippen molar-refractivity contribution in [3.8, 4) is 0 Å². The molecule has 2 aromatic heterocycles. The molecule has 2 atom stereocenters. The van der Waals surface area contributed by atoms with Gasteiger partial charge in [-0.25, -0.2) is 9.50 Å². The number of fused-ring (bicyclic) bond motifs is 1. The maximum absolute atomic E-state index is 12.7. The van der Waals surface area contributed by atoms with Gasteiger partial charge in [-0.3, -0.25) is 4.79 Å². The third-order valence-corrected chi connectivity index (χ3v) is 4.44. The first kappa shape index (κ1) is 15.0. The highest BCUT2D eigenvalue weighted by Gasteiger charge is 2.26. The van der Waals surface area contributed by atoms with Gasteiger partial charge in [0.05, 0.1) is 5.69 Å². The van der Waals surface area contributed by atoms with E-state index in [9.17, 15) is 4.79 Å². The molecule has 6 heteroatoms. The zero-order valence-electron chi connectivity index (χ0n) is 13.6. The average molecular weight is 301 g/mol. The summed E-state index contributed by atoms with van der Waals surface area (Å²) in [6.45, 7) is 9.79. The molecule has 1 aliphatic heterocycles. The Morgan fingerprint density at radius 3 is 2.91 bits per heavy atom. The molecule has 3 heterocycles. The van der Waals surface area contributed by atoms with Crippen LogP contribution in [0.4, 0.5) is 0 Å². The number of carbonyl (C=O) groups excluding carboxylic acids is 1. The van der Waals surface area contributed by atoms with Gasteiger partial charge in [-0.1, -0.05) is 6.92 Å². The molecule has 1 saturated heterocycles. The lowest BCUT2D eigenvalue weighted by Crippen LogP contribution is -2.50. The summed E-state index contributed by atoms with van der Waals surface area (Å²) >= 11 is 0. The zero-order chi connectivity index (χ0) is 15.9. The van der Waals surface area contributed by atoms with E-state index in [2.05, 4.69) is 27.6 Å². The fourth-order valence-corrected chi connectivity index (χ4v) is 3.12. The van der Waals surface area contributed by atoms with E-state index in [0.717, 1.165) is 36.6 Å². The lowest BCUT2D eigenvalue weighted by atomic mass is 9.94. The topological polar surface area (TPSA) is 71.3 Å². The number of aromatic nitrogens is 3. The Kier molecular flexibility index (Phi) is 3.87. The molecule has 2 aromatic rings. The van der Waals surface area contributed by atoms with Crippen molar-refractivity contribution in [3.05, 3.63) is 28.7 Å². The van der Waals surface area contributed by atoms with Crippen LogP contribution >= 0.6 is 0 Å². The molecule has 0 radical (unpaired) electrons. The second-order valence-corrected chi connectivity index (χ2v) is 6.28. The summed E-state index contributed by atoms with van der Waals surface area (Å²) in [5.74, 6) is 0.398. The summed E-state index contributed by atoms with van der Waals surface area (Å²) in [6.07, 6.45) is 1.08. The van der Waals surface area contributed by atoms with Crippen LogP contribution in [0.1, 0.15) is 40.8 Å². The van der Waals surface area contributed by atoms with Crippen molar-refractivity contribution in [1.82, 2.24) is 25.2 Å². The molecule has 6 nitrogen and oxygen atoms in total. The standard InChI is InChI=1S/C16H23N5O/c1-9-5-6-17-8-13(9)19-16(22)14-12(4)20-21-11(3)7-10(2)18-15(14)21/h7,9,13,17H,5-6,8H2,1-4H3,(H,19,22). The van der Waals surface area contributed by atoms with Gasteiger partial charge in [0, 0.05) is 24.0 Å². The molecule has 2 unspecified atom stereocenters. The van der Waals surface area contributed by atoms with Crippen LogP contribution in [0.3, 0.4) is 0 Å². The number of nitrogens with zero attached hydrogens (tertiary/aromatic N) is 3. The number of hydrogen-bond donors (Lipinski definition) is 2. The van der Waals surface area contributed by atoms with E-state index in [1.807, 2.05) is 26.8 Å². The number of aryl methyl sites for hydroxylation is 3. The maximum Gasteiger partial charge on any atom is 0.257 e. The van der Waals surface area contributed by atoms with E-state index < -0.39 is 0 Å². The summed E-state index contributed by atoms with van der Waals surface area (Å²) in [5, 5.41) is 10.9. The van der Waals surface area contributed by atoms with Gasteiger partial charge in [0.15, 0.2) is 5.65 Å². The van der Waals surface area contributed by atoms with Crippen molar-refractivity contribution in [2.24, 2.45) is 5.92 Å². The van der Waals surface area contributed by atoms with Gasteiger partial charge in [0.2, 0.25) is 0 Å². The number of carbonyl (C=O) groups is 1. The second-order valence-electron chi connectivity index (χ2n) is 6.28. The molecule has 0 aromatic carbocycles. The van der Waals surface area contributed by atoms with E-state index in [0.29, 0.717) is 17.1 Å². The first-order valence-electron chi connectivity index (χ1n) is 7.82. The summed E-state index contributed by atoms with van der Waals surface area (Å²) < 4.78 is 1.75. The van der Waals surface area contributed by atoms with E-state index >= 15 is 0 Å². The lowest BCUT2D eigenvalue weighted by molar-refractivity contribution is 0.0916. The minimum atomic E-state index is -0.0782. The van der Waals surface area contributed by atoms with Crippen LogP contribution in [0.5, 0.6) is 0 Å². The first-order chi connectivity index (χ1) is 10.5. The summed E-state index contributed by atoms with van der Waals surface area (Å²) in [7, 11) is 0. The molecule has 22 heavy (non-hydrogen) atoms. The Morgan fingerprint density at radius 1 is 1.41 bits per heavy atom. The highest BCUT2D eigenvalue weighted by Crippen LogP contribution is 2.18. The molecule has 1 aliphatic rings.